The summed E-state index contributed by atoms with van der Waals surface area (Å²) in [5.41, 5.74) is 8.34. The molecule has 0 aliphatic rings. The summed E-state index contributed by atoms with van der Waals surface area (Å²) in [6.45, 7) is 0.569. The van der Waals surface area contributed by atoms with Gasteiger partial charge in [0, 0.05) is 17.4 Å². The number of hydrogen-bond donors (Lipinski definition) is 2. The van der Waals surface area contributed by atoms with Crippen molar-refractivity contribution in [3.63, 3.8) is 0 Å². The number of halogens is 1. The van der Waals surface area contributed by atoms with Crippen LogP contribution in [0.3, 0.4) is 0 Å². The second kappa shape index (κ2) is 5.53. The molecule has 3 N–H and O–H groups in total. The quantitative estimate of drug-likeness (QED) is 0.758. The molecule has 6 nitrogen and oxygen atoms in total. The van der Waals surface area contributed by atoms with Gasteiger partial charge in [-0.05, 0) is 34.1 Å². The molecule has 106 valence electrons. The van der Waals surface area contributed by atoms with Gasteiger partial charge in [0.05, 0.1) is 24.6 Å². The van der Waals surface area contributed by atoms with Gasteiger partial charge in [0.15, 0.2) is 5.65 Å². The molecule has 1 aromatic carbocycles. The molecule has 3 rings (SSSR count). The SMILES string of the molecule is NC(=O)c1cccc(NCc2cnc3cnc(Br)cn23)c1. The maximum Gasteiger partial charge on any atom is 0.248 e. The number of carbonyl (C=O) groups excluding carboxylic acids is 1. The average Bonchev–Trinajstić information content (AvgIpc) is 2.87. The summed E-state index contributed by atoms with van der Waals surface area (Å²) in [6.07, 6.45) is 5.34. The first kappa shape index (κ1) is 13.6. The van der Waals surface area contributed by atoms with Crippen molar-refractivity contribution < 1.29 is 4.79 Å². The minimum absolute atomic E-state index is 0.441. The summed E-state index contributed by atoms with van der Waals surface area (Å²) in [5.74, 6) is -0.441. The molecule has 0 fully saturated rings. The largest absolute Gasteiger partial charge is 0.379 e. The number of carbonyl (C=O) groups is 1. The van der Waals surface area contributed by atoms with Crippen LogP contribution in [0.1, 0.15) is 16.1 Å². The van der Waals surface area contributed by atoms with E-state index in [2.05, 4.69) is 31.2 Å². The Morgan fingerprint density at radius 1 is 1.33 bits per heavy atom. The highest BCUT2D eigenvalue weighted by Crippen LogP contribution is 2.14. The first-order chi connectivity index (χ1) is 10.1. The molecule has 0 unspecified atom stereocenters. The van der Waals surface area contributed by atoms with E-state index in [0.717, 1.165) is 21.6 Å². The number of nitrogens with one attached hydrogen (secondary N) is 1. The smallest absolute Gasteiger partial charge is 0.248 e. The van der Waals surface area contributed by atoms with Crippen LogP contribution in [-0.2, 0) is 6.54 Å². The normalized spacial score (nSPS) is 10.7. The van der Waals surface area contributed by atoms with E-state index in [0.29, 0.717) is 12.1 Å². The molecule has 0 radical (unpaired) electrons. The van der Waals surface area contributed by atoms with E-state index in [1.165, 1.54) is 0 Å². The summed E-state index contributed by atoms with van der Waals surface area (Å²) in [6, 6.07) is 7.08. The highest BCUT2D eigenvalue weighted by atomic mass is 79.9. The van der Waals surface area contributed by atoms with E-state index in [4.69, 9.17) is 5.73 Å². The summed E-state index contributed by atoms with van der Waals surface area (Å²) in [7, 11) is 0. The van der Waals surface area contributed by atoms with Crippen LogP contribution in [0, 0.1) is 0 Å². The van der Waals surface area contributed by atoms with Crippen molar-refractivity contribution >= 4 is 33.2 Å². The van der Waals surface area contributed by atoms with Gasteiger partial charge in [0.2, 0.25) is 5.91 Å². The highest BCUT2D eigenvalue weighted by molar-refractivity contribution is 9.10. The summed E-state index contributed by atoms with van der Waals surface area (Å²) in [5, 5.41) is 3.25. The Morgan fingerprint density at radius 3 is 3.00 bits per heavy atom. The van der Waals surface area contributed by atoms with Crippen LogP contribution in [0.2, 0.25) is 0 Å². The van der Waals surface area contributed by atoms with Crippen LogP contribution in [-0.4, -0.2) is 20.3 Å². The van der Waals surface area contributed by atoms with Crippen molar-refractivity contribution in [3.05, 3.63) is 58.7 Å². The van der Waals surface area contributed by atoms with Crippen LogP contribution in [0.4, 0.5) is 5.69 Å². The Kier molecular flexibility index (Phi) is 3.57. The summed E-state index contributed by atoms with van der Waals surface area (Å²) in [4.78, 5) is 19.6. The zero-order chi connectivity index (χ0) is 14.8. The number of benzene rings is 1. The third-order valence-corrected chi connectivity index (χ3v) is 3.47. The zero-order valence-electron chi connectivity index (χ0n) is 11.0. The van der Waals surface area contributed by atoms with Crippen molar-refractivity contribution in [2.75, 3.05) is 5.32 Å². The number of primary amides is 1. The second-order valence-electron chi connectivity index (χ2n) is 4.49. The number of fused-ring (bicyclic) bond motifs is 1. The Balaban J connectivity index is 1.82. The molecule has 2 aromatic heterocycles. The average molecular weight is 346 g/mol. The van der Waals surface area contributed by atoms with Crippen LogP contribution in [0.5, 0.6) is 0 Å². The Morgan fingerprint density at radius 2 is 2.19 bits per heavy atom. The lowest BCUT2D eigenvalue weighted by atomic mass is 10.2. The van der Waals surface area contributed by atoms with Crippen molar-refractivity contribution in [2.45, 2.75) is 6.54 Å². The highest BCUT2D eigenvalue weighted by Gasteiger charge is 2.05. The minimum atomic E-state index is -0.441. The number of amides is 1. The van der Waals surface area contributed by atoms with Crippen LogP contribution in [0.25, 0.3) is 5.65 Å². The molecule has 1 amide bonds. The molecule has 7 heteroatoms. The van der Waals surface area contributed by atoms with Crippen molar-refractivity contribution in [2.24, 2.45) is 5.73 Å². The molecule has 0 saturated heterocycles. The Labute approximate surface area is 129 Å². The lowest BCUT2D eigenvalue weighted by Crippen LogP contribution is -2.11. The van der Waals surface area contributed by atoms with Gasteiger partial charge < -0.3 is 11.1 Å². The Bertz CT molecular complexity index is 814. The summed E-state index contributed by atoms with van der Waals surface area (Å²) < 4.78 is 2.69. The van der Waals surface area contributed by atoms with Gasteiger partial charge in [0.1, 0.15) is 4.60 Å². The van der Waals surface area contributed by atoms with E-state index < -0.39 is 5.91 Å². The van der Waals surface area contributed by atoms with E-state index in [1.807, 2.05) is 16.7 Å². The molecule has 0 bridgehead atoms. The monoisotopic (exact) mass is 345 g/mol. The van der Waals surface area contributed by atoms with Crippen molar-refractivity contribution in [3.8, 4) is 0 Å². The first-order valence-electron chi connectivity index (χ1n) is 6.25. The lowest BCUT2D eigenvalue weighted by molar-refractivity contribution is 0.100. The fourth-order valence-electron chi connectivity index (χ4n) is 2.02. The van der Waals surface area contributed by atoms with Gasteiger partial charge in [0.25, 0.3) is 0 Å². The number of rotatable bonds is 4. The van der Waals surface area contributed by atoms with Gasteiger partial charge in [-0.1, -0.05) is 6.07 Å². The lowest BCUT2D eigenvalue weighted by Gasteiger charge is -2.07. The third-order valence-electron chi connectivity index (χ3n) is 3.06. The molecule has 0 aliphatic heterocycles. The molecular weight excluding hydrogens is 334 g/mol. The molecular formula is C14H12BrN5O. The number of aromatic nitrogens is 3. The summed E-state index contributed by atoms with van der Waals surface area (Å²) >= 11 is 3.34. The van der Waals surface area contributed by atoms with E-state index in [1.54, 1.807) is 30.6 Å². The van der Waals surface area contributed by atoms with Gasteiger partial charge >= 0.3 is 0 Å². The molecule has 3 aromatic rings. The molecule has 0 saturated carbocycles. The van der Waals surface area contributed by atoms with Crippen molar-refractivity contribution in [1.82, 2.24) is 14.4 Å². The number of nitrogens with two attached hydrogens (primary N) is 1. The maximum atomic E-state index is 11.2. The van der Waals surface area contributed by atoms with Crippen LogP contribution in [0.15, 0.2) is 47.5 Å². The Hall–Kier alpha value is -2.41. The fraction of sp³-hybridized carbons (Fsp3) is 0.0714. The number of hydrogen-bond acceptors (Lipinski definition) is 4. The van der Waals surface area contributed by atoms with Gasteiger partial charge in [-0.2, -0.15) is 0 Å². The van der Waals surface area contributed by atoms with Crippen molar-refractivity contribution in [1.29, 1.82) is 0 Å². The molecule has 21 heavy (non-hydrogen) atoms. The number of anilines is 1. The molecule has 0 atom stereocenters. The fourth-order valence-corrected chi connectivity index (χ4v) is 2.33. The van der Waals surface area contributed by atoms with Gasteiger partial charge in [-0.25, -0.2) is 9.97 Å². The molecule has 2 heterocycles. The van der Waals surface area contributed by atoms with Crippen LogP contribution < -0.4 is 11.1 Å². The zero-order valence-corrected chi connectivity index (χ0v) is 12.5. The molecule has 0 aliphatic carbocycles. The molecule has 0 spiro atoms. The predicted octanol–water partition coefficient (Wildman–Crippen LogP) is 2.20. The van der Waals surface area contributed by atoms with Crippen LogP contribution >= 0.6 is 15.9 Å². The predicted molar refractivity (Wildman–Crippen MR) is 83.0 cm³/mol. The van der Waals surface area contributed by atoms with E-state index in [-0.39, 0.29) is 0 Å². The van der Waals surface area contributed by atoms with Gasteiger partial charge in [-0.15, -0.1) is 0 Å². The van der Waals surface area contributed by atoms with E-state index in [9.17, 15) is 4.79 Å². The maximum absolute atomic E-state index is 11.2. The third kappa shape index (κ3) is 2.87. The standard InChI is InChI=1S/C14H12BrN5O/c15-12-8-20-11(6-19-13(20)7-18-12)5-17-10-3-1-2-9(4-10)14(16)21/h1-4,6-8,17H,5H2,(H2,16,21). The topological polar surface area (TPSA) is 85.3 Å². The van der Waals surface area contributed by atoms with Gasteiger partial charge in [-0.3, -0.25) is 9.20 Å². The number of imidazole rings is 1. The minimum Gasteiger partial charge on any atom is -0.379 e. The number of nitrogens with zero attached hydrogens (tertiary/aromatic N) is 3. The van der Waals surface area contributed by atoms with E-state index >= 15 is 0 Å². The second-order valence-corrected chi connectivity index (χ2v) is 5.30. The first-order valence-corrected chi connectivity index (χ1v) is 7.04.